The zero-order chi connectivity index (χ0) is 39.9. The van der Waals surface area contributed by atoms with Gasteiger partial charge in [-0.2, -0.15) is 0 Å². The van der Waals surface area contributed by atoms with Crippen LogP contribution in [0.15, 0.2) is 78.9 Å². The van der Waals surface area contributed by atoms with Crippen LogP contribution in [0.5, 0.6) is 5.75 Å². The molecule has 3 aliphatic rings. The molecule has 3 aromatic rings. The van der Waals surface area contributed by atoms with Gasteiger partial charge in [0.15, 0.2) is 0 Å². The maximum absolute atomic E-state index is 13.8. The number of amides is 5. The van der Waals surface area contributed by atoms with Crippen molar-refractivity contribution in [2.45, 2.75) is 82.6 Å². The number of carbonyl (C=O) groups excluding carboxylic acids is 5. The van der Waals surface area contributed by atoms with E-state index >= 15 is 0 Å². The van der Waals surface area contributed by atoms with Crippen molar-refractivity contribution >= 4 is 45.2 Å². The number of sulfonamides is 1. The van der Waals surface area contributed by atoms with Crippen molar-refractivity contribution in [2.75, 3.05) is 24.2 Å². The first-order chi connectivity index (χ1) is 26.0. The molecule has 55 heavy (non-hydrogen) atoms. The number of benzene rings is 3. The van der Waals surface area contributed by atoms with E-state index in [1.54, 1.807) is 24.3 Å². The number of ether oxygens (including phenoxy) is 1. The summed E-state index contributed by atoms with van der Waals surface area (Å²) in [5, 5.41) is 14.2. The minimum absolute atomic E-state index is 0.0578. The summed E-state index contributed by atoms with van der Waals surface area (Å²) >= 11 is 0. The van der Waals surface area contributed by atoms with E-state index in [0.717, 1.165) is 16.1 Å². The van der Waals surface area contributed by atoms with Gasteiger partial charge in [-0.3, -0.25) is 28.3 Å². The smallest absolute Gasteiger partial charge is 0.251 e. The van der Waals surface area contributed by atoms with E-state index in [4.69, 9.17) is 4.74 Å². The SMILES string of the molecule is CC(C)C[C@H]1COc2ccc(cc2)C[C@H](NC(=O)c2ccc(N(C)S(C)(=O)=O)cc2)C(=O)N[C@H](C)C(=O)NC2(CC2)C(=O)N[C@H](Cc2ccccc2)C(=O)N1. The van der Waals surface area contributed by atoms with Crippen molar-refractivity contribution in [2.24, 2.45) is 5.92 Å². The van der Waals surface area contributed by atoms with Gasteiger partial charge in [0.05, 0.1) is 18.0 Å². The molecule has 1 aliphatic carbocycles. The lowest BCUT2D eigenvalue weighted by Gasteiger charge is -2.27. The van der Waals surface area contributed by atoms with Crippen molar-refractivity contribution in [3.8, 4) is 5.75 Å². The molecule has 1 spiro atoms. The molecule has 3 aromatic carbocycles. The van der Waals surface area contributed by atoms with E-state index in [2.05, 4.69) is 26.6 Å². The fraction of sp³-hybridized carbons (Fsp3) is 0.425. The lowest BCUT2D eigenvalue weighted by Crippen LogP contribution is -2.59. The summed E-state index contributed by atoms with van der Waals surface area (Å²) < 4.78 is 31.1. The number of anilines is 1. The van der Waals surface area contributed by atoms with E-state index in [1.807, 2.05) is 44.2 Å². The van der Waals surface area contributed by atoms with Crippen LogP contribution < -0.4 is 35.6 Å². The van der Waals surface area contributed by atoms with Crippen LogP contribution in [0, 0.1) is 5.92 Å². The Balaban J connectivity index is 1.41. The standard InChI is InChI=1S/C40H50N6O8S/c1-25(2)21-30-24-54-32-17-11-28(12-18-32)23-33(43-36(48)29-13-15-31(16-14-29)46(4)55(5,52)53)37(49)41-26(3)35(47)45-40(19-20-40)39(51)44-34(38(50)42-30)22-27-9-7-6-8-10-27/h6-18,25-26,30,33-34H,19-24H2,1-5H3,(H,41,49)(H,42,50)(H,43,48)(H,44,51)(H,45,47)/t26-,30+,33+,34-/m1/s1. The van der Waals surface area contributed by atoms with Crippen LogP contribution in [0.3, 0.4) is 0 Å². The Labute approximate surface area is 322 Å². The first-order valence-electron chi connectivity index (χ1n) is 18.4. The van der Waals surface area contributed by atoms with Crippen molar-refractivity contribution in [3.63, 3.8) is 0 Å². The van der Waals surface area contributed by atoms with Gasteiger partial charge in [0.25, 0.3) is 5.91 Å². The van der Waals surface area contributed by atoms with Crippen LogP contribution in [0.4, 0.5) is 5.69 Å². The Morgan fingerprint density at radius 2 is 1.55 bits per heavy atom. The second kappa shape index (κ2) is 17.4. The van der Waals surface area contributed by atoms with Crippen LogP contribution in [0.2, 0.25) is 0 Å². The summed E-state index contributed by atoms with van der Waals surface area (Å²) in [6, 6.07) is 18.7. The van der Waals surface area contributed by atoms with E-state index in [0.29, 0.717) is 36.3 Å². The molecule has 2 heterocycles. The van der Waals surface area contributed by atoms with Crippen molar-refractivity contribution in [1.82, 2.24) is 26.6 Å². The van der Waals surface area contributed by atoms with Gasteiger partial charge in [-0.25, -0.2) is 8.42 Å². The maximum atomic E-state index is 13.8. The molecule has 5 amide bonds. The fourth-order valence-electron chi connectivity index (χ4n) is 6.27. The topological polar surface area (TPSA) is 192 Å². The molecule has 5 N–H and O–H groups in total. The van der Waals surface area contributed by atoms with Crippen molar-refractivity contribution in [3.05, 3.63) is 95.6 Å². The lowest BCUT2D eigenvalue weighted by molar-refractivity contribution is -0.134. The number of nitrogens with zero attached hydrogens (tertiary/aromatic N) is 1. The molecule has 0 saturated heterocycles. The van der Waals surface area contributed by atoms with Crippen LogP contribution in [-0.4, -0.2) is 87.6 Å². The van der Waals surface area contributed by atoms with Crippen molar-refractivity contribution < 1.29 is 37.1 Å². The summed E-state index contributed by atoms with van der Waals surface area (Å²) in [5.74, 6) is -1.94. The predicted octanol–water partition coefficient (Wildman–Crippen LogP) is 2.23. The van der Waals surface area contributed by atoms with Gasteiger partial charge in [-0.15, -0.1) is 0 Å². The quantitative estimate of drug-likeness (QED) is 0.215. The number of nitrogens with one attached hydrogen (secondary N) is 5. The van der Waals surface area contributed by atoms with E-state index in [-0.39, 0.29) is 42.9 Å². The average molecular weight is 775 g/mol. The third-order valence-electron chi connectivity index (χ3n) is 9.73. The zero-order valence-electron chi connectivity index (χ0n) is 31.8. The highest BCUT2D eigenvalue weighted by Crippen LogP contribution is 2.36. The van der Waals surface area contributed by atoms with Gasteiger partial charge in [-0.05, 0) is 79.6 Å². The second-order valence-electron chi connectivity index (χ2n) is 14.8. The Bertz CT molecular complexity index is 1970. The fourth-order valence-corrected chi connectivity index (χ4v) is 6.78. The first kappa shape index (κ1) is 40.7. The maximum Gasteiger partial charge on any atom is 0.251 e. The second-order valence-corrected chi connectivity index (χ2v) is 16.8. The zero-order valence-corrected chi connectivity index (χ0v) is 32.6. The summed E-state index contributed by atoms with van der Waals surface area (Å²) in [4.78, 5) is 68.3. The Morgan fingerprint density at radius 1 is 0.891 bits per heavy atom. The summed E-state index contributed by atoms with van der Waals surface area (Å²) in [5.41, 5.74) is 0.827. The van der Waals surface area contributed by atoms with E-state index in [1.165, 1.54) is 38.2 Å². The number of hydrogen-bond acceptors (Lipinski definition) is 8. The molecule has 2 bridgehead atoms. The van der Waals surface area contributed by atoms with Gasteiger partial charge in [0.1, 0.15) is 36.0 Å². The highest BCUT2D eigenvalue weighted by molar-refractivity contribution is 7.92. The highest BCUT2D eigenvalue weighted by atomic mass is 32.2. The van der Waals surface area contributed by atoms with Gasteiger partial charge >= 0.3 is 0 Å². The Kier molecular flexibility index (Phi) is 12.9. The number of hydrogen-bond donors (Lipinski definition) is 5. The van der Waals surface area contributed by atoms with Crippen LogP contribution in [-0.2, 0) is 42.0 Å². The normalized spacial score (nSPS) is 22.1. The van der Waals surface area contributed by atoms with Crippen LogP contribution in [0.25, 0.3) is 0 Å². The van der Waals surface area contributed by atoms with Gasteiger partial charge in [0, 0.05) is 25.5 Å². The third kappa shape index (κ3) is 11.1. The molecule has 294 valence electrons. The summed E-state index contributed by atoms with van der Waals surface area (Å²) in [6.45, 7) is 5.72. The molecule has 1 fully saturated rings. The first-order valence-corrected chi connectivity index (χ1v) is 20.2. The van der Waals surface area contributed by atoms with Crippen LogP contribution >= 0.6 is 0 Å². The highest BCUT2D eigenvalue weighted by Gasteiger charge is 2.52. The summed E-state index contributed by atoms with van der Waals surface area (Å²) in [7, 11) is -2.12. The number of fused-ring (bicyclic) bond motifs is 15. The minimum atomic E-state index is -3.52. The molecule has 2 aliphatic heterocycles. The Hall–Kier alpha value is -5.44. The molecule has 14 nitrogen and oxygen atoms in total. The van der Waals surface area contributed by atoms with E-state index < -0.39 is 57.3 Å². The molecule has 6 rings (SSSR count). The molecular formula is C40H50N6O8S. The molecule has 1 saturated carbocycles. The van der Waals surface area contributed by atoms with Gasteiger partial charge in [0.2, 0.25) is 33.7 Å². The monoisotopic (exact) mass is 774 g/mol. The number of carbonyl (C=O) groups is 5. The average Bonchev–Trinajstić information content (AvgIpc) is 3.93. The van der Waals surface area contributed by atoms with Crippen molar-refractivity contribution in [1.29, 1.82) is 0 Å². The molecular weight excluding hydrogens is 725 g/mol. The molecule has 0 unspecified atom stereocenters. The van der Waals surface area contributed by atoms with E-state index in [9.17, 15) is 32.4 Å². The molecule has 15 heteroatoms. The third-order valence-corrected chi connectivity index (χ3v) is 10.9. The minimum Gasteiger partial charge on any atom is -0.491 e. The predicted molar refractivity (Wildman–Crippen MR) is 208 cm³/mol. The molecule has 0 aromatic heterocycles. The molecule has 0 radical (unpaired) electrons. The largest absolute Gasteiger partial charge is 0.491 e. The Morgan fingerprint density at radius 3 is 2.15 bits per heavy atom. The van der Waals surface area contributed by atoms with Crippen LogP contribution in [0.1, 0.15) is 61.5 Å². The summed E-state index contributed by atoms with van der Waals surface area (Å²) in [6.07, 6.45) is 2.66. The van der Waals surface area contributed by atoms with Gasteiger partial charge < -0.3 is 31.3 Å². The molecule has 4 atom stereocenters. The van der Waals surface area contributed by atoms with Gasteiger partial charge in [-0.1, -0.05) is 56.3 Å². The lowest BCUT2D eigenvalue weighted by atomic mass is 10.0. The number of rotatable bonds is 8.